The maximum atomic E-state index is 14.6. The van der Waals surface area contributed by atoms with Crippen LogP contribution in [0.4, 0.5) is 14.5 Å². The fraction of sp³-hybridized carbons (Fsp3) is 0.250. The Morgan fingerprint density at radius 2 is 1.84 bits per heavy atom. The molecule has 230 valence electrons. The molecule has 9 nitrogen and oxygen atoms in total. The molecular formula is C32H32F2N4O5S. The van der Waals surface area contributed by atoms with E-state index in [0.717, 1.165) is 16.1 Å². The van der Waals surface area contributed by atoms with Crippen molar-refractivity contribution in [3.63, 3.8) is 0 Å². The van der Waals surface area contributed by atoms with Crippen molar-refractivity contribution in [2.45, 2.75) is 44.9 Å². The van der Waals surface area contributed by atoms with Gasteiger partial charge >= 0.3 is 0 Å². The SMILES string of the molecule is CC1=CC=CCC1(C)S(=O)(=O)n1ccc2c(-c3cc(NC(=O)[C@@H](N)C(C)C)ccc3Oc3ccc(F)cc3F)c[nH]c(=O)c21. The molecule has 2 aromatic carbocycles. The summed E-state index contributed by atoms with van der Waals surface area (Å²) >= 11 is 0. The predicted octanol–water partition coefficient (Wildman–Crippen LogP) is 5.83. The maximum absolute atomic E-state index is 14.6. The molecule has 0 spiro atoms. The van der Waals surface area contributed by atoms with Gasteiger partial charge in [0.2, 0.25) is 15.9 Å². The van der Waals surface area contributed by atoms with Crippen molar-refractivity contribution in [2.24, 2.45) is 11.7 Å². The number of nitrogens with two attached hydrogens (primary N) is 1. The summed E-state index contributed by atoms with van der Waals surface area (Å²) in [6.45, 7) is 6.95. The number of carbonyl (C=O) groups excluding carboxylic acids is 1. The zero-order chi connectivity index (χ0) is 32.0. The minimum atomic E-state index is -4.14. The van der Waals surface area contributed by atoms with Crippen LogP contribution in [0.15, 0.2) is 83.5 Å². The third kappa shape index (κ3) is 5.35. The lowest BCUT2D eigenvalue weighted by molar-refractivity contribution is -0.118. The lowest BCUT2D eigenvalue weighted by Gasteiger charge is -2.31. The van der Waals surface area contributed by atoms with E-state index in [1.165, 1.54) is 30.6 Å². The van der Waals surface area contributed by atoms with Gasteiger partial charge < -0.3 is 20.8 Å². The van der Waals surface area contributed by atoms with Gasteiger partial charge in [-0.1, -0.05) is 37.6 Å². The Kier molecular flexibility index (Phi) is 8.08. The van der Waals surface area contributed by atoms with Crippen molar-refractivity contribution >= 4 is 32.5 Å². The summed E-state index contributed by atoms with van der Waals surface area (Å²) in [5, 5.41) is 3.02. The van der Waals surface area contributed by atoms with Crippen molar-refractivity contribution in [1.82, 2.24) is 8.96 Å². The van der Waals surface area contributed by atoms with Crippen LogP contribution in [0, 0.1) is 17.6 Å². The third-order valence-corrected chi connectivity index (χ3v) is 10.5. The summed E-state index contributed by atoms with van der Waals surface area (Å²) in [5.74, 6) is -2.49. The first-order valence-corrected chi connectivity index (χ1v) is 15.3. The second kappa shape index (κ2) is 11.5. The van der Waals surface area contributed by atoms with Crippen molar-refractivity contribution in [3.8, 4) is 22.6 Å². The molecule has 0 bridgehead atoms. The molecule has 1 aliphatic carbocycles. The molecular weight excluding hydrogens is 590 g/mol. The number of allylic oxidation sites excluding steroid dienone is 3. The number of aromatic nitrogens is 2. The number of pyridine rings is 1. The van der Waals surface area contributed by atoms with Crippen LogP contribution in [0.2, 0.25) is 0 Å². The van der Waals surface area contributed by atoms with Gasteiger partial charge in [0.05, 0.1) is 6.04 Å². The van der Waals surface area contributed by atoms with Gasteiger partial charge in [-0.2, -0.15) is 0 Å². The monoisotopic (exact) mass is 622 g/mol. The minimum Gasteiger partial charge on any atom is -0.454 e. The second-order valence-corrected chi connectivity index (χ2v) is 13.5. The zero-order valence-corrected chi connectivity index (χ0v) is 25.3. The largest absolute Gasteiger partial charge is 0.454 e. The van der Waals surface area contributed by atoms with Gasteiger partial charge in [-0.3, -0.25) is 9.59 Å². The Balaban J connectivity index is 1.69. The maximum Gasteiger partial charge on any atom is 0.273 e. The van der Waals surface area contributed by atoms with Gasteiger partial charge in [-0.25, -0.2) is 21.2 Å². The van der Waals surface area contributed by atoms with E-state index in [2.05, 4.69) is 10.3 Å². The van der Waals surface area contributed by atoms with Gasteiger partial charge in [0, 0.05) is 40.7 Å². The van der Waals surface area contributed by atoms with Gasteiger partial charge in [-0.15, -0.1) is 0 Å². The van der Waals surface area contributed by atoms with Crippen LogP contribution >= 0.6 is 0 Å². The fourth-order valence-corrected chi connectivity index (χ4v) is 6.90. The van der Waals surface area contributed by atoms with Crippen LogP contribution in [-0.4, -0.2) is 34.1 Å². The molecule has 0 radical (unpaired) electrons. The van der Waals surface area contributed by atoms with Crippen LogP contribution in [0.3, 0.4) is 0 Å². The summed E-state index contributed by atoms with van der Waals surface area (Å²) in [7, 11) is -4.14. The van der Waals surface area contributed by atoms with Crippen molar-refractivity contribution in [1.29, 1.82) is 0 Å². The standard InChI is InChI=1S/C32H32F2N4O5S/c1-18(2)28(35)30(39)37-21-9-11-26(43-27-10-8-20(33)15-25(27)34)23(16-21)24-17-36-31(40)29-22(24)12-14-38(29)44(41,42)32(4)13-6-5-7-19(32)3/h5-12,14-18,28H,13,35H2,1-4H3,(H,36,40)(H,37,39)/t28-,32?/m0/s1. The number of fused-ring (bicyclic) bond motifs is 1. The Morgan fingerprint density at radius 3 is 2.52 bits per heavy atom. The molecule has 0 saturated heterocycles. The summed E-state index contributed by atoms with van der Waals surface area (Å²) in [4.78, 5) is 28.6. The number of benzene rings is 2. The number of amides is 1. The van der Waals surface area contributed by atoms with Crippen LogP contribution in [0.5, 0.6) is 11.5 Å². The van der Waals surface area contributed by atoms with E-state index in [4.69, 9.17) is 10.5 Å². The Morgan fingerprint density at radius 1 is 1.11 bits per heavy atom. The van der Waals surface area contributed by atoms with Crippen LogP contribution in [0.25, 0.3) is 22.0 Å². The minimum absolute atomic E-state index is 0.0915. The number of H-pyrrole nitrogens is 1. The summed E-state index contributed by atoms with van der Waals surface area (Å²) in [6, 6.07) is 8.10. The van der Waals surface area contributed by atoms with E-state index in [-0.39, 0.29) is 40.3 Å². The first kappa shape index (κ1) is 30.9. The highest BCUT2D eigenvalue weighted by molar-refractivity contribution is 7.91. The molecule has 2 atom stereocenters. The van der Waals surface area contributed by atoms with Gasteiger partial charge in [0.25, 0.3) is 5.56 Å². The van der Waals surface area contributed by atoms with Crippen LogP contribution < -0.4 is 21.3 Å². The Labute approximate surface area is 253 Å². The molecule has 2 heterocycles. The molecule has 1 aliphatic rings. The Hall–Kier alpha value is -4.55. The molecule has 5 rings (SSSR count). The number of nitrogens with zero attached hydrogens (tertiary/aromatic N) is 1. The zero-order valence-electron chi connectivity index (χ0n) is 24.5. The Bertz CT molecular complexity index is 2010. The highest BCUT2D eigenvalue weighted by Gasteiger charge is 2.43. The van der Waals surface area contributed by atoms with E-state index in [9.17, 15) is 26.8 Å². The van der Waals surface area contributed by atoms with E-state index < -0.39 is 43.9 Å². The van der Waals surface area contributed by atoms with Crippen molar-refractivity contribution < 1.29 is 26.7 Å². The topological polar surface area (TPSA) is 136 Å². The molecule has 1 amide bonds. The van der Waals surface area contributed by atoms with Gasteiger partial charge in [0.15, 0.2) is 11.6 Å². The number of halogens is 2. The number of rotatable bonds is 8. The molecule has 0 fully saturated rings. The highest BCUT2D eigenvalue weighted by atomic mass is 32.2. The first-order valence-electron chi connectivity index (χ1n) is 13.9. The van der Waals surface area contributed by atoms with E-state index >= 15 is 0 Å². The predicted molar refractivity (Wildman–Crippen MR) is 166 cm³/mol. The smallest absolute Gasteiger partial charge is 0.273 e. The van der Waals surface area contributed by atoms with E-state index in [1.54, 1.807) is 52.0 Å². The number of aromatic amines is 1. The number of ether oxygens (including phenoxy) is 1. The lowest BCUT2D eigenvalue weighted by atomic mass is 9.94. The van der Waals surface area contributed by atoms with E-state index in [0.29, 0.717) is 22.9 Å². The van der Waals surface area contributed by atoms with Crippen LogP contribution in [0.1, 0.15) is 34.1 Å². The van der Waals surface area contributed by atoms with Crippen molar-refractivity contribution in [3.05, 3.63) is 101 Å². The molecule has 4 aromatic rings. The first-order chi connectivity index (χ1) is 20.7. The average Bonchev–Trinajstić information content (AvgIpc) is 3.44. The second-order valence-electron chi connectivity index (χ2n) is 11.3. The highest BCUT2D eigenvalue weighted by Crippen LogP contribution is 2.41. The van der Waals surface area contributed by atoms with E-state index in [1.807, 2.05) is 0 Å². The van der Waals surface area contributed by atoms with Crippen LogP contribution in [-0.2, 0) is 14.8 Å². The number of nitrogens with one attached hydrogen (secondary N) is 2. The molecule has 0 aliphatic heterocycles. The number of carbonyl (C=O) groups is 1. The summed E-state index contributed by atoms with van der Waals surface area (Å²) in [6.07, 6.45) is 8.20. The molecule has 1 unspecified atom stereocenters. The third-order valence-electron chi connectivity index (χ3n) is 8.03. The normalized spacial score (nSPS) is 17.5. The number of anilines is 1. The van der Waals surface area contributed by atoms with Crippen molar-refractivity contribution in [2.75, 3.05) is 5.32 Å². The fourth-order valence-electron chi connectivity index (χ4n) is 5.04. The molecule has 0 saturated carbocycles. The summed E-state index contributed by atoms with van der Waals surface area (Å²) in [5.41, 5.74) is 6.80. The molecule has 2 aromatic heterocycles. The lowest BCUT2D eigenvalue weighted by Crippen LogP contribution is -2.41. The quantitative estimate of drug-likeness (QED) is 0.226. The average molecular weight is 623 g/mol. The molecule has 12 heteroatoms. The van der Waals surface area contributed by atoms with Gasteiger partial charge in [-0.05, 0) is 62.6 Å². The molecule has 4 N–H and O–H groups in total. The van der Waals surface area contributed by atoms with Gasteiger partial charge in [0.1, 0.15) is 21.8 Å². The number of hydrogen-bond acceptors (Lipinski definition) is 6. The number of hydrogen-bond donors (Lipinski definition) is 3. The molecule has 44 heavy (non-hydrogen) atoms. The summed E-state index contributed by atoms with van der Waals surface area (Å²) < 4.78 is 61.8.